The molecule has 2 atom stereocenters. The number of anilines is 2. The number of fused-ring (bicyclic) bond motifs is 1. The van der Waals surface area contributed by atoms with Crippen LogP contribution in [0.15, 0.2) is 83.5 Å². The van der Waals surface area contributed by atoms with Crippen molar-refractivity contribution in [1.82, 2.24) is 15.3 Å². The standard InChI is InChI=1S/C32H32ClFN4O3S/c1-3-14-35-28(13-15-42(2)39)31-12-11-29(41-31)22-7-9-27-25(17-22)32(37-20-36-27)38-24-8-10-30(26(33)18-24)40-19-21-5-4-6-23(34)16-21/h4-12,16-18,20,28,35H,3,13-15,19H2,1-2H3,(H,36,37,38). The maximum absolute atomic E-state index is 13.5. The Morgan fingerprint density at radius 2 is 1.95 bits per heavy atom. The van der Waals surface area contributed by atoms with Crippen molar-refractivity contribution < 1.29 is 17.8 Å². The van der Waals surface area contributed by atoms with Crippen LogP contribution in [-0.4, -0.2) is 32.7 Å². The van der Waals surface area contributed by atoms with Crippen molar-refractivity contribution in [3.05, 3.63) is 101 Å². The molecule has 42 heavy (non-hydrogen) atoms. The zero-order valence-corrected chi connectivity index (χ0v) is 25.0. The predicted molar refractivity (Wildman–Crippen MR) is 167 cm³/mol. The summed E-state index contributed by atoms with van der Waals surface area (Å²) in [6.45, 7) is 3.17. The first-order valence-electron chi connectivity index (χ1n) is 13.7. The molecule has 10 heteroatoms. The lowest BCUT2D eigenvalue weighted by Gasteiger charge is -2.15. The van der Waals surface area contributed by atoms with Crippen LogP contribution in [0.5, 0.6) is 5.75 Å². The molecule has 2 aromatic heterocycles. The van der Waals surface area contributed by atoms with E-state index in [1.54, 1.807) is 30.5 Å². The van der Waals surface area contributed by atoms with Crippen LogP contribution in [0.1, 0.15) is 37.1 Å². The molecule has 0 aliphatic carbocycles. The molecule has 5 rings (SSSR count). The molecule has 2 unspecified atom stereocenters. The van der Waals surface area contributed by atoms with E-state index >= 15 is 0 Å². The molecular weight excluding hydrogens is 575 g/mol. The van der Waals surface area contributed by atoms with E-state index in [0.29, 0.717) is 27.9 Å². The Morgan fingerprint density at radius 3 is 2.74 bits per heavy atom. The lowest BCUT2D eigenvalue weighted by Crippen LogP contribution is -2.23. The second kappa shape index (κ2) is 13.9. The van der Waals surface area contributed by atoms with Crippen LogP contribution in [-0.2, 0) is 17.4 Å². The maximum atomic E-state index is 13.5. The summed E-state index contributed by atoms with van der Waals surface area (Å²) in [5.41, 5.74) is 3.10. The zero-order valence-electron chi connectivity index (χ0n) is 23.4. The minimum atomic E-state index is -0.873. The molecule has 7 nitrogen and oxygen atoms in total. The zero-order chi connectivity index (χ0) is 29.5. The van der Waals surface area contributed by atoms with Crippen LogP contribution in [0.3, 0.4) is 0 Å². The highest BCUT2D eigenvalue weighted by atomic mass is 35.5. The molecule has 5 aromatic rings. The largest absolute Gasteiger partial charge is 0.487 e. The van der Waals surface area contributed by atoms with E-state index in [0.717, 1.165) is 53.1 Å². The summed E-state index contributed by atoms with van der Waals surface area (Å²) in [6.07, 6.45) is 4.95. The second-order valence-electron chi connectivity index (χ2n) is 9.92. The van der Waals surface area contributed by atoms with Gasteiger partial charge in [0.05, 0.1) is 16.6 Å². The van der Waals surface area contributed by atoms with Crippen LogP contribution in [0, 0.1) is 5.82 Å². The fourth-order valence-electron chi connectivity index (χ4n) is 4.57. The molecule has 2 heterocycles. The summed E-state index contributed by atoms with van der Waals surface area (Å²) in [5.74, 6) is 2.95. The van der Waals surface area contributed by atoms with Gasteiger partial charge in [0.1, 0.15) is 41.8 Å². The first kappa shape index (κ1) is 29.7. The number of nitrogens with zero attached hydrogens (tertiary/aromatic N) is 2. The van der Waals surface area contributed by atoms with Gasteiger partial charge in [-0.25, -0.2) is 14.4 Å². The van der Waals surface area contributed by atoms with E-state index in [4.69, 9.17) is 20.8 Å². The monoisotopic (exact) mass is 606 g/mol. The van der Waals surface area contributed by atoms with Crippen LogP contribution in [0.4, 0.5) is 15.9 Å². The second-order valence-corrected chi connectivity index (χ2v) is 11.9. The first-order valence-corrected chi connectivity index (χ1v) is 15.8. The van der Waals surface area contributed by atoms with E-state index in [1.807, 2.05) is 36.4 Å². The quantitative estimate of drug-likeness (QED) is 0.141. The van der Waals surface area contributed by atoms with E-state index in [-0.39, 0.29) is 18.5 Å². The van der Waals surface area contributed by atoms with Gasteiger partial charge in [-0.1, -0.05) is 30.7 Å². The van der Waals surface area contributed by atoms with Crippen molar-refractivity contribution in [3.63, 3.8) is 0 Å². The molecule has 2 N–H and O–H groups in total. The minimum absolute atomic E-state index is 0.00539. The Kier molecular flexibility index (Phi) is 9.84. The van der Waals surface area contributed by atoms with Crippen LogP contribution in [0.25, 0.3) is 22.2 Å². The molecule has 0 radical (unpaired) electrons. The van der Waals surface area contributed by atoms with Crippen molar-refractivity contribution in [2.75, 3.05) is 23.9 Å². The van der Waals surface area contributed by atoms with Gasteiger partial charge >= 0.3 is 0 Å². The van der Waals surface area contributed by atoms with Gasteiger partial charge in [-0.2, -0.15) is 0 Å². The predicted octanol–water partition coefficient (Wildman–Crippen LogP) is 7.81. The smallest absolute Gasteiger partial charge is 0.141 e. The number of halogens is 2. The first-order chi connectivity index (χ1) is 20.4. The molecule has 218 valence electrons. The van der Waals surface area contributed by atoms with E-state index in [9.17, 15) is 8.60 Å². The number of furan rings is 1. The molecule has 0 saturated carbocycles. The molecule has 0 spiro atoms. The Hall–Kier alpha value is -3.79. The molecule has 0 aliphatic rings. The number of hydrogen-bond acceptors (Lipinski definition) is 7. The van der Waals surface area contributed by atoms with Gasteiger partial charge in [0.15, 0.2) is 0 Å². The van der Waals surface area contributed by atoms with Gasteiger partial charge in [-0.05, 0) is 85.6 Å². The molecule has 3 aromatic carbocycles. The van der Waals surface area contributed by atoms with Crippen molar-refractivity contribution in [2.45, 2.75) is 32.4 Å². The highest BCUT2D eigenvalue weighted by Gasteiger charge is 2.17. The molecule has 0 fully saturated rings. The van der Waals surface area contributed by atoms with E-state index in [2.05, 4.69) is 27.5 Å². The topological polar surface area (TPSA) is 89.3 Å². The number of aromatic nitrogens is 2. The number of nitrogens with one attached hydrogen (secondary N) is 2. The fraction of sp³-hybridized carbons (Fsp3) is 0.250. The van der Waals surface area contributed by atoms with Crippen molar-refractivity contribution >= 4 is 44.8 Å². The van der Waals surface area contributed by atoms with Gasteiger partial charge in [0, 0.05) is 39.4 Å². The number of rotatable bonds is 13. The van der Waals surface area contributed by atoms with Crippen molar-refractivity contribution in [2.24, 2.45) is 0 Å². The third-order valence-corrected chi connectivity index (χ3v) is 7.81. The summed E-state index contributed by atoms with van der Waals surface area (Å²) in [6, 6.07) is 21.5. The van der Waals surface area contributed by atoms with Crippen LogP contribution < -0.4 is 15.4 Å². The summed E-state index contributed by atoms with van der Waals surface area (Å²) in [5, 5.41) is 8.08. The summed E-state index contributed by atoms with van der Waals surface area (Å²) in [4.78, 5) is 8.90. The SMILES string of the molecule is CCCNC(CCS(C)=O)c1ccc(-c2ccc3ncnc(Nc4ccc(OCc5cccc(F)c5)c(Cl)c4)c3c2)o1. The Bertz CT molecular complexity index is 1700. The lowest BCUT2D eigenvalue weighted by atomic mass is 10.1. The maximum Gasteiger partial charge on any atom is 0.141 e. The highest BCUT2D eigenvalue weighted by Crippen LogP contribution is 2.33. The Morgan fingerprint density at radius 1 is 1.07 bits per heavy atom. The summed E-state index contributed by atoms with van der Waals surface area (Å²) in [7, 11) is -0.873. The molecule has 0 amide bonds. The average molecular weight is 607 g/mol. The van der Waals surface area contributed by atoms with E-state index in [1.165, 1.54) is 18.5 Å². The fourth-order valence-corrected chi connectivity index (χ4v) is 5.38. The molecular formula is C32H32ClFN4O3S. The van der Waals surface area contributed by atoms with E-state index < -0.39 is 10.8 Å². The highest BCUT2D eigenvalue weighted by molar-refractivity contribution is 7.84. The number of ether oxygens (including phenoxy) is 1. The third-order valence-electron chi connectivity index (χ3n) is 6.70. The van der Waals surface area contributed by atoms with Crippen LogP contribution >= 0.6 is 11.6 Å². The third kappa shape index (κ3) is 7.53. The van der Waals surface area contributed by atoms with Crippen molar-refractivity contribution in [3.8, 4) is 17.1 Å². The average Bonchev–Trinajstić information content (AvgIpc) is 3.47. The Labute approximate surface area is 251 Å². The molecule has 0 bridgehead atoms. The van der Waals surface area contributed by atoms with Gasteiger partial charge < -0.3 is 19.8 Å². The van der Waals surface area contributed by atoms with Gasteiger partial charge in [-0.3, -0.25) is 4.21 Å². The molecule has 0 saturated heterocycles. The van der Waals surface area contributed by atoms with Crippen LogP contribution in [0.2, 0.25) is 5.02 Å². The summed E-state index contributed by atoms with van der Waals surface area (Å²) < 4.78 is 37.3. The summed E-state index contributed by atoms with van der Waals surface area (Å²) >= 11 is 6.51. The van der Waals surface area contributed by atoms with Gasteiger partial charge in [0.25, 0.3) is 0 Å². The lowest BCUT2D eigenvalue weighted by molar-refractivity contribution is 0.306. The van der Waals surface area contributed by atoms with Gasteiger partial charge in [-0.15, -0.1) is 0 Å². The Balaban J connectivity index is 1.34. The number of hydrogen-bond donors (Lipinski definition) is 2. The number of benzene rings is 3. The normalized spacial score (nSPS) is 12.8. The van der Waals surface area contributed by atoms with Crippen molar-refractivity contribution in [1.29, 1.82) is 0 Å². The van der Waals surface area contributed by atoms with Gasteiger partial charge in [0.2, 0.25) is 0 Å². The minimum Gasteiger partial charge on any atom is -0.487 e. The molecule has 0 aliphatic heterocycles.